The number of rotatable bonds is 6. The summed E-state index contributed by atoms with van der Waals surface area (Å²) in [7, 11) is 0. The fourth-order valence-electron chi connectivity index (χ4n) is 4.61. The van der Waals surface area contributed by atoms with Gasteiger partial charge < -0.3 is 20.0 Å². The molecule has 4 N–H and O–H groups in total. The molecule has 0 bridgehead atoms. The summed E-state index contributed by atoms with van der Waals surface area (Å²) in [6.45, 7) is 3.68. The highest BCUT2D eigenvalue weighted by molar-refractivity contribution is 5.89. The average Bonchev–Trinajstić information content (AvgIpc) is 3.24. The zero-order valence-corrected chi connectivity index (χ0v) is 16.8. The van der Waals surface area contributed by atoms with Crippen molar-refractivity contribution in [3.8, 4) is 5.75 Å². The van der Waals surface area contributed by atoms with Gasteiger partial charge in [-0.3, -0.25) is 14.8 Å². The van der Waals surface area contributed by atoms with Crippen LogP contribution in [0.3, 0.4) is 0 Å². The fraction of sp³-hybridized carbons (Fsp3) is 0.619. The highest BCUT2D eigenvalue weighted by Gasteiger charge is 2.39. The number of nitrogens with one attached hydrogen (secondary N) is 1. The second-order valence-electron chi connectivity index (χ2n) is 8.26. The lowest BCUT2D eigenvalue weighted by molar-refractivity contribution is -0.152. The molecule has 2 fully saturated rings. The van der Waals surface area contributed by atoms with E-state index in [9.17, 15) is 19.8 Å². The van der Waals surface area contributed by atoms with Crippen molar-refractivity contribution in [3.63, 3.8) is 0 Å². The Labute approximate surface area is 171 Å². The molecule has 3 rings (SSSR count). The minimum absolute atomic E-state index is 0.0967. The van der Waals surface area contributed by atoms with Crippen molar-refractivity contribution >= 4 is 17.5 Å². The predicted octanol–water partition coefficient (Wildman–Crippen LogP) is 1.49. The zero-order valence-electron chi connectivity index (χ0n) is 16.8. The number of carbonyl (C=O) groups is 2. The van der Waals surface area contributed by atoms with Crippen molar-refractivity contribution in [2.75, 3.05) is 24.5 Å². The van der Waals surface area contributed by atoms with Crippen LogP contribution in [-0.4, -0.2) is 63.9 Å². The number of amides is 2. The molecule has 1 saturated heterocycles. The minimum Gasteiger partial charge on any atom is -0.508 e. The molecule has 8 heteroatoms. The number of phenols is 1. The van der Waals surface area contributed by atoms with E-state index >= 15 is 0 Å². The molecule has 3 atom stereocenters. The van der Waals surface area contributed by atoms with Crippen LogP contribution in [0.15, 0.2) is 24.3 Å². The normalized spacial score (nSPS) is 22.4. The predicted molar refractivity (Wildman–Crippen MR) is 107 cm³/mol. The number of piperazine rings is 1. The number of nitrogens with zero attached hydrogens (tertiary/aromatic N) is 2. The molecular formula is C21H31N3O5. The van der Waals surface area contributed by atoms with Gasteiger partial charge in [-0.05, 0) is 43.5 Å². The first kappa shape index (κ1) is 21.4. The Kier molecular flexibility index (Phi) is 6.97. The quantitative estimate of drug-likeness (QED) is 0.421. The number of phenolic OH excluding ortho intramolecular Hbond substituents is 1. The van der Waals surface area contributed by atoms with Gasteiger partial charge >= 0.3 is 0 Å². The number of aromatic hydroxyl groups is 1. The molecule has 0 radical (unpaired) electrons. The first-order valence-corrected chi connectivity index (χ1v) is 10.4. The third kappa shape index (κ3) is 5.00. The van der Waals surface area contributed by atoms with Crippen LogP contribution in [0, 0.1) is 11.8 Å². The number of carbonyl (C=O) groups excluding carboxylic acids is 2. The first-order chi connectivity index (χ1) is 13.9. The van der Waals surface area contributed by atoms with E-state index in [-0.39, 0.29) is 17.7 Å². The highest BCUT2D eigenvalue weighted by atomic mass is 16.5. The van der Waals surface area contributed by atoms with Gasteiger partial charge in [-0.15, -0.1) is 0 Å². The molecule has 1 aromatic carbocycles. The number of hydroxylamine groups is 1. The van der Waals surface area contributed by atoms with Gasteiger partial charge in [0.25, 0.3) is 5.91 Å². The molecule has 8 nitrogen and oxygen atoms in total. The largest absolute Gasteiger partial charge is 0.508 e. The van der Waals surface area contributed by atoms with E-state index in [4.69, 9.17) is 5.21 Å². The van der Waals surface area contributed by atoms with Crippen LogP contribution in [-0.2, 0) is 9.59 Å². The molecule has 29 heavy (non-hydrogen) atoms. The summed E-state index contributed by atoms with van der Waals surface area (Å²) >= 11 is 0. The molecular weight excluding hydrogens is 374 g/mol. The first-order valence-electron chi connectivity index (χ1n) is 10.4. The Balaban J connectivity index is 1.69. The van der Waals surface area contributed by atoms with E-state index in [1.807, 2.05) is 19.1 Å². The number of anilines is 1. The van der Waals surface area contributed by atoms with Gasteiger partial charge in [0.05, 0.1) is 5.92 Å². The summed E-state index contributed by atoms with van der Waals surface area (Å²) < 4.78 is 0. The third-order valence-electron chi connectivity index (χ3n) is 6.26. The number of aliphatic hydroxyl groups excluding tert-OH is 1. The number of hydrogen-bond donors (Lipinski definition) is 4. The number of hydrogen-bond acceptors (Lipinski definition) is 6. The molecule has 0 spiro atoms. The van der Waals surface area contributed by atoms with E-state index in [1.165, 1.54) is 5.48 Å². The van der Waals surface area contributed by atoms with Crippen LogP contribution in [0.1, 0.15) is 39.0 Å². The topological polar surface area (TPSA) is 113 Å². The van der Waals surface area contributed by atoms with Crippen molar-refractivity contribution in [2.45, 2.75) is 51.2 Å². The van der Waals surface area contributed by atoms with Crippen molar-refractivity contribution in [1.82, 2.24) is 10.4 Å². The van der Waals surface area contributed by atoms with Gasteiger partial charge in [-0.25, -0.2) is 5.48 Å². The van der Waals surface area contributed by atoms with Gasteiger partial charge in [0.15, 0.2) is 0 Å². The molecule has 1 aliphatic carbocycles. The maximum atomic E-state index is 13.3. The SMILES string of the molecule is C[C@@H]1CN(c2ccc(O)cc2)CCN1C(=O)[C@@H](CC1CCCC1)[C@H](O)C(=O)NO. The summed E-state index contributed by atoms with van der Waals surface area (Å²) in [6, 6.07) is 6.87. The molecule has 1 aliphatic heterocycles. The van der Waals surface area contributed by atoms with Crippen molar-refractivity contribution < 1.29 is 25.0 Å². The third-order valence-corrected chi connectivity index (χ3v) is 6.26. The second-order valence-corrected chi connectivity index (χ2v) is 8.26. The lowest BCUT2D eigenvalue weighted by Gasteiger charge is -2.43. The van der Waals surface area contributed by atoms with Gasteiger partial charge in [0.1, 0.15) is 11.9 Å². The summed E-state index contributed by atoms with van der Waals surface area (Å²) in [5, 5.41) is 28.8. The van der Waals surface area contributed by atoms with E-state index in [0.29, 0.717) is 32.0 Å². The summed E-state index contributed by atoms with van der Waals surface area (Å²) in [4.78, 5) is 29.0. The van der Waals surface area contributed by atoms with E-state index in [1.54, 1.807) is 17.0 Å². The van der Waals surface area contributed by atoms with Crippen LogP contribution in [0.2, 0.25) is 0 Å². The number of aliphatic hydroxyl groups is 1. The van der Waals surface area contributed by atoms with Gasteiger partial charge in [0.2, 0.25) is 5.91 Å². The average molecular weight is 405 g/mol. The molecule has 0 aromatic heterocycles. The monoisotopic (exact) mass is 405 g/mol. The molecule has 2 amide bonds. The lowest BCUT2D eigenvalue weighted by Crippen LogP contribution is -2.57. The maximum absolute atomic E-state index is 13.3. The Morgan fingerprint density at radius 1 is 1.17 bits per heavy atom. The zero-order chi connectivity index (χ0) is 21.0. The fourth-order valence-corrected chi connectivity index (χ4v) is 4.61. The standard InChI is InChI=1S/C21H31N3O5/c1-14-13-23(16-6-8-17(25)9-7-16)10-11-24(14)21(28)18(19(26)20(27)22-29)12-15-4-2-3-5-15/h6-9,14-15,18-19,25-26,29H,2-5,10-13H2,1H3,(H,22,27)/t14-,18+,19+/m1/s1. The maximum Gasteiger partial charge on any atom is 0.272 e. The highest BCUT2D eigenvalue weighted by Crippen LogP contribution is 2.33. The molecule has 2 aliphatic rings. The van der Waals surface area contributed by atoms with Crippen molar-refractivity contribution in [3.05, 3.63) is 24.3 Å². The summed E-state index contributed by atoms with van der Waals surface area (Å²) in [5.74, 6) is -1.49. The van der Waals surface area contributed by atoms with Crippen LogP contribution >= 0.6 is 0 Å². The smallest absolute Gasteiger partial charge is 0.272 e. The van der Waals surface area contributed by atoms with E-state index < -0.39 is 17.9 Å². The van der Waals surface area contributed by atoms with E-state index in [0.717, 1.165) is 31.4 Å². The van der Waals surface area contributed by atoms with Crippen LogP contribution in [0.4, 0.5) is 5.69 Å². The summed E-state index contributed by atoms with van der Waals surface area (Å²) in [5.41, 5.74) is 2.46. The number of benzene rings is 1. The van der Waals surface area contributed by atoms with E-state index in [2.05, 4.69) is 4.90 Å². The minimum atomic E-state index is -1.56. The Morgan fingerprint density at radius 3 is 2.41 bits per heavy atom. The molecule has 1 aromatic rings. The van der Waals surface area contributed by atoms with Gasteiger partial charge in [0, 0.05) is 31.4 Å². The van der Waals surface area contributed by atoms with Crippen molar-refractivity contribution in [1.29, 1.82) is 0 Å². The summed E-state index contributed by atoms with van der Waals surface area (Å²) in [6.07, 6.45) is 3.11. The lowest BCUT2D eigenvalue weighted by atomic mass is 9.87. The van der Waals surface area contributed by atoms with Gasteiger partial charge in [-0.1, -0.05) is 25.7 Å². The molecule has 1 heterocycles. The Morgan fingerprint density at radius 2 is 1.83 bits per heavy atom. The molecule has 160 valence electrons. The Hall–Kier alpha value is -2.32. The van der Waals surface area contributed by atoms with Crippen LogP contribution in [0.5, 0.6) is 5.75 Å². The Bertz CT molecular complexity index is 705. The second kappa shape index (κ2) is 9.45. The van der Waals surface area contributed by atoms with Crippen LogP contribution in [0.25, 0.3) is 0 Å². The molecule has 0 unspecified atom stereocenters. The van der Waals surface area contributed by atoms with Crippen LogP contribution < -0.4 is 10.4 Å². The van der Waals surface area contributed by atoms with Crippen molar-refractivity contribution in [2.24, 2.45) is 11.8 Å². The molecule has 1 saturated carbocycles. The van der Waals surface area contributed by atoms with Gasteiger partial charge in [-0.2, -0.15) is 0 Å².